The minimum atomic E-state index is -0.469. The Kier molecular flexibility index (Phi) is 4.02. The molecule has 0 aromatic carbocycles. The van der Waals surface area contributed by atoms with Crippen molar-refractivity contribution in [3.8, 4) is 0 Å². The number of nitrogens with zero attached hydrogens (tertiary/aromatic N) is 1. The maximum absolute atomic E-state index is 11.3. The van der Waals surface area contributed by atoms with Gasteiger partial charge in [-0.3, -0.25) is 5.43 Å². The highest BCUT2D eigenvalue weighted by Gasteiger charge is 2.20. The van der Waals surface area contributed by atoms with Crippen LogP contribution in [0.3, 0.4) is 0 Å². The lowest BCUT2D eigenvalue weighted by atomic mass is 10.2. The van der Waals surface area contributed by atoms with E-state index in [0.717, 1.165) is 5.23 Å². The number of nitrogens with two attached hydrogens (primary N) is 2. The third-order valence-corrected chi connectivity index (χ3v) is 1.97. The molecule has 6 N–H and O–H groups in total. The number of hydrogen-bond donors (Lipinski definition) is 4. The van der Waals surface area contributed by atoms with E-state index < -0.39 is 18.2 Å². The van der Waals surface area contributed by atoms with Gasteiger partial charge >= 0.3 is 5.97 Å². The van der Waals surface area contributed by atoms with Gasteiger partial charge in [0.05, 0.1) is 11.9 Å². The molecule has 7 heteroatoms. The third-order valence-electron chi connectivity index (χ3n) is 1.97. The van der Waals surface area contributed by atoms with Crippen LogP contribution in [0.4, 0.5) is 0 Å². The van der Waals surface area contributed by atoms with Crippen molar-refractivity contribution in [1.29, 1.82) is 0 Å². The minimum Gasteiger partial charge on any atom is -0.453 e. The highest BCUT2D eigenvalue weighted by atomic mass is 16.5. The molecular weight excluding hydrogens is 210 g/mol. The van der Waals surface area contributed by atoms with E-state index in [2.05, 4.69) is 17.4 Å². The molecule has 7 nitrogen and oxygen atoms in total. The fraction of sp³-hybridized carbons (Fsp3) is 0.444. The lowest BCUT2D eigenvalue weighted by molar-refractivity contribution is -0.142. The van der Waals surface area contributed by atoms with Crippen molar-refractivity contribution in [1.82, 2.24) is 16.1 Å². The summed E-state index contributed by atoms with van der Waals surface area (Å²) in [4.78, 5) is 11.3. The Hall–Kier alpha value is -1.41. The van der Waals surface area contributed by atoms with E-state index in [0.29, 0.717) is 11.3 Å². The van der Waals surface area contributed by atoms with Gasteiger partial charge in [-0.2, -0.15) is 0 Å². The van der Waals surface area contributed by atoms with Gasteiger partial charge in [0.1, 0.15) is 6.10 Å². The molecule has 0 amide bonds. The largest absolute Gasteiger partial charge is 0.453 e. The molecule has 2 atom stereocenters. The Morgan fingerprint density at radius 1 is 1.75 bits per heavy atom. The summed E-state index contributed by atoms with van der Waals surface area (Å²) in [5.74, 6) is 5.02. The molecule has 1 heterocycles. The molecule has 0 saturated heterocycles. The van der Waals surface area contributed by atoms with E-state index in [4.69, 9.17) is 16.3 Å². The van der Waals surface area contributed by atoms with Gasteiger partial charge < -0.3 is 10.5 Å². The zero-order valence-corrected chi connectivity index (χ0v) is 9.36. The van der Waals surface area contributed by atoms with E-state index in [1.165, 1.54) is 0 Å². The molecule has 0 radical (unpaired) electrons. The lowest BCUT2D eigenvalue weighted by Crippen LogP contribution is -2.62. The number of ether oxygens (including phenoxy) is 1. The van der Waals surface area contributed by atoms with Crippen LogP contribution in [0.25, 0.3) is 0 Å². The van der Waals surface area contributed by atoms with Gasteiger partial charge in [0.25, 0.3) is 0 Å². The summed E-state index contributed by atoms with van der Waals surface area (Å²) in [6.45, 7) is 6.79. The van der Waals surface area contributed by atoms with Crippen molar-refractivity contribution >= 4 is 5.97 Å². The Morgan fingerprint density at radius 2 is 2.38 bits per heavy atom. The molecule has 0 fully saturated rings. The van der Waals surface area contributed by atoms with Crippen molar-refractivity contribution in [2.75, 3.05) is 0 Å². The van der Waals surface area contributed by atoms with Crippen LogP contribution >= 0.6 is 0 Å². The van der Waals surface area contributed by atoms with E-state index >= 15 is 0 Å². The second-order valence-corrected chi connectivity index (χ2v) is 3.59. The number of rotatable bonds is 3. The fourth-order valence-corrected chi connectivity index (χ4v) is 1.15. The molecule has 0 bridgehead atoms. The van der Waals surface area contributed by atoms with Crippen LogP contribution < -0.4 is 22.4 Å². The zero-order chi connectivity index (χ0) is 12.3. The smallest absolute Gasteiger partial charge is 0.333 e. The SMILES string of the molecule is C=C(C)C(=O)OC(C)C1=CC(N)NN(N)N1. The molecule has 1 aliphatic rings. The number of carbonyl (C=O) groups excluding carboxylic acids is 1. The molecule has 0 saturated carbocycles. The Labute approximate surface area is 94.0 Å². The Bertz CT molecular complexity index is 328. The highest BCUT2D eigenvalue weighted by Crippen LogP contribution is 2.08. The number of carbonyl (C=O) groups is 1. The van der Waals surface area contributed by atoms with Gasteiger partial charge in [0, 0.05) is 5.57 Å². The van der Waals surface area contributed by atoms with Crippen LogP contribution in [0.2, 0.25) is 0 Å². The zero-order valence-electron chi connectivity index (χ0n) is 9.36. The van der Waals surface area contributed by atoms with Crippen LogP contribution in [-0.4, -0.2) is 23.5 Å². The predicted octanol–water partition coefficient (Wildman–Crippen LogP) is -1.14. The predicted molar refractivity (Wildman–Crippen MR) is 58.7 cm³/mol. The highest BCUT2D eigenvalue weighted by molar-refractivity contribution is 5.87. The molecule has 16 heavy (non-hydrogen) atoms. The summed E-state index contributed by atoms with van der Waals surface area (Å²) in [6.07, 6.45) is 0.787. The van der Waals surface area contributed by atoms with Crippen molar-refractivity contribution in [3.63, 3.8) is 0 Å². The second kappa shape index (κ2) is 5.08. The topological polar surface area (TPSA) is 106 Å². The number of hydrazine groups is 3. The number of hydrogen-bond acceptors (Lipinski definition) is 7. The molecule has 2 unspecified atom stereocenters. The molecule has 0 aliphatic carbocycles. The van der Waals surface area contributed by atoms with E-state index in [1.54, 1.807) is 19.9 Å². The molecule has 0 aromatic rings. The summed E-state index contributed by atoms with van der Waals surface area (Å²) in [6, 6.07) is 0. The van der Waals surface area contributed by atoms with Gasteiger partial charge in [0.2, 0.25) is 0 Å². The number of esters is 1. The first kappa shape index (κ1) is 12.7. The summed E-state index contributed by atoms with van der Waals surface area (Å²) >= 11 is 0. The van der Waals surface area contributed by atoms with Crippen molar-refractivity contribution in [2.45, 2.75) is 26.1 Å². The van der Waals surface area contributed by atoms with Crippen molar-refractivity contribution < 1.29 is 9.53 Å². The average Bonchev–Trinajstić information content (AvgIpc) is 2.15. The molecule has 1 rings (SSSR count). The quantitative estimate of drug-likeness (QED) is 0.274. The van der Waals surface area contributed by atoms with Gasteiger partial charge in [-0.15, -0.1) is 0 Å². The van der Waals surface area contributed by atoms with Gasteiger partial charge in [-0.25, -0.2) is 16.1 Å². The minimum absolute atomic E-state index is 0.343. The van der Waals surface area contributed by atoms with E-state index in [9.17, 15) is 4.79 Å². The normalized spacial score (nSPS) is 23.0. The van der Waals surface area contributed by atoms with Crippen LogP contribution in [0.15, 0.2) is 23.9 Å². The lowest BCUT2D eigenvalue weighted by Gasteiger charge is -2.31. The van der Waals surface area contributed by atoms with Gasteiger partial charge in [0.15, 0.2) is 0 Å². The molecule has 90 valence electrons. The van der Waals surface area contributed by atoms with Crippen LogP contribution in [0, 0.1) is 0 Å². The summed E-state index contributed by atoms with van der Waals surface area (Å²) in [5.41, 5.74) is 12.0. The Balaban J connectivity index is 2.63. The summed E-state index contributed by atoms with van der Waals surface area (Å²) < 4.78 is 5.11. The molecular formula is C9H17N5O2. The maximum atomic E-state index is 11.3. The Morgan fingerprint density at radius 3 is 2.88 bits per heavy atom. The van der Waals surface area contributed by atoms with Gasteiger partial charge in [-0.1, -0.05) is 11.8 Å². The first-order chi connectivity index (χ1) is 7.40. The summed E-state index contributed by atoms with van der Waals surface area (Å²) in [7, 11) is 0. The third kappa shape index (κ3) is 3.31. The van der Waals surface area contributed by atoms with Crippen LogP contribution in [0.1, 0.15) is 13.8 Å². The standard InChI is InChI=1S/C9H17N5O2/c1-5(2)9(15)16-6(3)7-4-8(10)13-14(11)12-7/h4,6,8,12-13H,1,10-11H2,2-3H3. The summed E-state index contributed by atoms with van der Waals surface area (Å²) in [5, 5.41) is 1.12. The molecule has 1 aliphatic heterocycles. The first-order valence-electron chi connectivity index (χ1n) is 4.81. The molecule has 0 aromatic heterocycles. The fourth-order valence-electron chi connectivity index (χ4n) is 1.15. The van der Waals surface area contributed by atoms with Crippen molar-refractivity contribution in [2.24, 2.45) is 11.6 Å². The van der Waals surface area contributed by atoms with E-state index in [-0.39, 0.29) is 0 Å². The van der Waals surface area contributed by atoms with Crippen LogP contribution in [0.5, 0.6) is 0 Å². The molecule has 0 spiro atoms. The maximum Gasteiger partial charge on any atom is 0.333 e. The average molecular weight is 227 g/mol. The second-order valence-electron chi connectivity index (χ2n) is 3.59. The monoisotopic (exact) mass is 227 g/mol. The first-order valence-corrected chi connectivity index (χ1v) is 4.81. The van der Waals surface area contributed by atoms with Crippen LogP contribution in [-0.2, 0) is 9.53 Å². The van der Waals surface area contributed by atoms with Crippen molar-refractivity contribution in [3.05, 3.63) is 23.9 Å². The van der Waals surface area contributed by atoms with Gasteiger partial charge in [-0.05, 0) is 19.9 Å². The van der Waals surface area contributed by atoms with E-state index in [1.807, 2.05) is 0 Å². The number of nitrogens with one attached hydrogen (secondary N) is 2.